The van der Waals surface area contributed by atoms with Gasteiger partial charge in [0.15, 0.2) is 10.9 Å². The van der Waals surface area contributed by atoms with Gasteiger partial charge in [0.2, 0.25) is 0 Å². The van der Waals surface area contributed by atoms with Crippen LogP contribution in [0, 0.1) is 40.7 Å². The summed E-state index contributed by atoms with van der Waals surface area (Å²) < 4.78 is 52.3. The van der Waals surface area contributed by atoms with Gasteiger partial charge in [-0.25, -0.2) is 18.2 Å². The number of piperidine rings is 1. The third kappa shape index (κ3) is 4.30. The number of fused-ring (bicyclic) bond motifs is 5. The molecule has 2 unspecified atom stereocenters. The lowest BCUT2D eigenvalue weighted by molar-refractivity contribution is 0.107. The highest BCUT2D eigenvalue weighted by Gasteiger charge is 2.49. The number of anilines is 2. The van der Waals surface area contributed by atoms with Gasteiger partial charge in [0, 0.05) is 42.6 Å². The maximum absolute atomic E-state index is 16.8. The second-order valence-electron chi connectivity index (χ2n) is 12.6. The van der Waals surface area contributed by atoms with Crippen molar-refractivity contribution in [2.75, 3.05) is 43.4 Å². The van der Waals surface area contributed by atoms with Gasteiger partial charge in [-0.15, -0.1) is 0 Å². The zero-order valence-corrected chi connectivity index (χ0v) is 25.3. The Kier molecular flexibility index (Phi) is 6.59. The molecule has 0 radical (unpaired) electrons. The highest BCUT2D eigenvalue weighted by atomic mass is 35.5. The Morgan fingerprint density at radius 3 is 2.70 bits per heavy atom. The minimum atomic E-state index is -0.918. The van der Waals surface area contributed by atoms with E-state index < -0.39 is 23.3 Å². The normalized spacial score (nSPS) is 28.2. The molecule has 4 aromatic rings. The van der Waals surface area contributed by atoms with E-state index in [1.165, 1.54) is 12.1 Å². The molecule has 1 saturated carbocycles. The number of rotatable bonds is 5. The molecule has 0 amide bonds. The molecule has 8 rings (SSSR count). The Labute approximate surface area is 260 Å². The van der Waals surface area contributed by atoms with Gasteiger partial charge in [-0.05, 0) is 62.3 Å². The molecule has 228 valence electrons. The first-order valence-corrected chi connectivity index (χ1v) is 16.2. The van der Waals surface area contributed by atoms with Gasteiger partial charge in [0.05, 0.1) is 32.8 Å². The topological polar surface area (TPSA) is 104 Å². The minimum absolute atomic E-state index is 0.000107. The summed E-state index contributed by atoms with van der Waals surface area (Å²) in [6.07, 6.45) is 3.13. The molecule has 4 fully saturated rings. The van der Waals surface area contributed by atoms with Crippen LogP contribution in [0.3, 0.4) is 0 Å². The summed E-state index contributed by atoms with van der Waals surface area (Å²) in [6.45, 7) is 2.58. The van der Waals surface area contributed by atoms with Crippen LogP contribution >= 0.6 is 22.9 Å². The van der Waals surface area contributed by atoms with Crippen LogP contribution in [0.25, 0.3) is 32.2 Å². The number of nitriles is 1. The summed E-state index contributed by atoms with van der Waals surface area (Å²) in [5.41, 5.74) is 6.02. The smallest absolute Gasteiger partial charge is 0.319 e. The monoisotopic (exact) mass is 639 g/mol. The van der Waals surface area contributed by atoms with Crippen LogP contribution in [0.4, 0.5) is 24.1 Å². The third-order valence-corrected chi connectivity index (χ3v) is 11.3. The van der Waals surface area contributed by atoms with Gasteiger partial charge in [0.25, 0.3) is 0 Å². The Hall–Kier alpha value is -3.40. The lowest BCUT2D eigenvalue weighted by atomic mass is 9.86. The first kappa shape index (κ1) is 28.1. The molecule has 3 aliphatic heterocycles. The zero-order valence-electron chi connectivity index (χ0n) is 23.7. The molecule has 5 heterocycles. The minimum Gasteiger partial charge on any atom is -0.461 e. The van der Waals surface area contributed by atoms with Crippen molar-refractivity contribution in [3.05, 3.63) is 34.9 Å². The van der Waals surface area contributed by atoms with E-state index in [0.717, 1.165) is 43.6 Å². The van der Waals surface area contributed by atoms with Crippen LogP contribution < -0.4 is 15.4 Å². The Morgan fingerprint density at radius 1 is 1.14 bits per heavy atom. The SMILES string of the molecule is N#CC1C2CCC1CN(c1nc(OC[C@@]34CCCN3C[C@H](F)C4)nc3c(F)c(-c4ccc(F)c5sc(N)nc45)c(Cl)cc13)C2. The molecule has 2 aromatic heterocycles. The summed E-state index contributed by atoms with van der Waals surface area (Å²) in [5.74, 6) is -0.378. The zero-order chi connectivity index (χ0) is 30.3. The largest absolute Gasteiger partial charge is 0.461 e. The fourth-order valence-electron chi connectivity index (χ4n) is 8.16. The van der Waals surface area contributed by atoms with Crippen LogP contribution in [0.2, 0.25) is 5.02 Å². The molecule has 2 N–H and O–H groups in total. The Bertz CT molecular complexity index is 1850. The summed E-state index contributed by atoms with van der Waals surface area (Å²) in [5, 5.41) is 10.4. The molecule has 4 aliphatic rings. The van der Waals surface area contributed by atoms with Gasteiger partial charge < -0.3 is 15.4 Å². The standard InChI is InChI=1S/C31H29ClF3N7OS/c32-21-8-19-25(24(35)23(21)18-4-5-22(34)27-26(18)38-29(37)44-27)39-30(43-14-31-6-1-7-42(31)13-17(33)9-31)40-28(19)41-11-15-2-3-16(12-41)20(15)10-36/h4-5,8,15-17,20H,1-3,6-7,9,11-14H2,(H2,37,38)/t15?,16?,17-,20?,31+/m1/s1. The Morgan fingerprint density at radius 2 is 1.93 bits per heavy atom. The number of alkyl halides is 1. The number of nitrogen functional groups attached to an aromatic ring is 1. The van der Waals surface area contributed by atoms with Gasteiger partial charge in [-0.3, -0.25) is 4.90 Å². The summed E-state index contributed by atoms with van der Waals surface area (Å²) >= 11 is 7.78. The van der Waals surface area contributed by atoms with Crippen molar-refractivity contribution in [3.63, 3.8) is 0 Å². The second-order valence-corrected chi connectivity index (χ2v) is 14.1. The molecule has 13 heteroatoms. The quantitative estimate of drug-likeness (QED) is 0.269. The predicted molar refractivity (Wildman–Crippen MR) is 164 cm³/mol. The molecule has 3 saturated heterocycles. The highest BCUT2D eigenvalue weighted by Crippen LogP contribution is 2.47. The van der Waals surface area contributed by atoms with E-state index in [4.69, 9.17) is 27.1 Å². The predicted octanol–water partition coefficient (Wildman–Crippen LogP) is 6.36. The number of ether oxygens (including phenoxy) is 1. The molecular formula is C31H29ClF3N7OS. The second kappa shape index (κ2) is 10.3. The number of benzene rings is 2. The lowest BCUT2D eigenvalue weighted by Crippen LogP contribution is -2.44. The van der Waals surface area contributed by atoms with Crippen molar-refractivity contribution >= 4 is 55.0 Å². The third-order valence-electron chi connectivity index (χ3n) is 10.1. The molecule has 8 nitrogen and oxygen atoms in total. The van der Waals surface area contributed by atoms with E-state index in [-0.39, 0.29) is 61.8 Å². The van der Waals surface area contributed by atoms with Crippen LogP contribution in [0.15, 0.2) is 18.2 Å². The van der Waals surface area contributed by atoms with Crippen molar-refractivity contribution in [2.45, 2.75) is 43.8 Å². The number of aromatic nitrogens is 3. The maximum atomic E-state index is 16.8. The lowest BCUT2D eigenvalue weighted by Gasteiger charge is -2.36. The van der Waals surface area contributed by atoms with E-state index in [9.17, 15) is 14.0 Å². The fourth-order valence-corrected chi connectivity index (χ4v) is 9.22. The average molecular weight is 640 g/mol. The van der Waals surface area contributed by atoms with Gasteiger partial charge >= 0.3 is 6.01 Å². The van der Waals surface area contributed by atoms with Crippen LogP contribution in [0.1, 0.15) is 32.1 Å². The molecule has 0 spiro atoms. The summed E-state index contributed by atoms with van der Waals surface area (Å²) in [7, 11) is 0. The first-order valence-electron chi connectivity index (χ1n) is 15.0. The summed E-state index contributed by atoms with van der Waals surface area (Å²) in [4.78, 5) is 17.9. The number of halogens is 4. The van der Waals surface area contributed by atoms with E-state index in [1.54, 1.807) is 6.07 Å². The van der Waals surface area contributed by atoms with Crippen molar-refractivity contribution in [1.29, 1.82) is 5.26 Å². The average Bonchev–Trinajstić information content (AvgIpc) is 3.72. The van der Waals surface area contributed by atoms with E-state index in [1.807, 2.05) is 0 Å². The number of hydrogen-bond donors (Lipinski definition) is 1. The van der Waals surface area contributed by atoms with Crippen molar-refractivity contribution in [1.82, 2.24) is 19.9 Å². The van der Waals surface area contributed by atoms with Gasteiger partial charge in [0.1, 0.15) is 29.9 Å². The van der Waals surface area contributed by atoms with E-state index in [0.29, 0.717) is 42.8 Å². The first-order chi connectivity index (χ1) is 21.2. The Balaban J connectivity index is 1.26. The fraction of sp³-hybridized carbons (Fsp3) is 0.484. The maximum Gasteiger partial charge on any atom is 0.319 e. The molecule has 44 heavy (non-hydrogen) atoms. The molecule has 1 aliphatic carbocycles. The van der Waals surface area contributed by atoms with Gasteiger partial charge in [-0.1, -0.05) is 22.9 Å². The van der Waals surface area contributed by atoms with E-state index in [2.05, 4.69) is 25.8 Å². The number of hydrogen-bond acceptors (Lipinski definition) is 9. The van der Waals surface area contributed by atoms with Crippen LogP contribution in [-0.4, -0.2) is 64.3 Å². The molecule has 2 bridgehead atoms. The van der Waals surface area contributed by atoms with Crippen LogP contribution in [-0.2, 0) is 0 Å². The van der Waals surface area contributed by atoms with Gasteiger partial charge in [-0.2, -0.15) is 15.2 Å². The van der Waals surface area contributed by atoms with Crippen molar-refractivity contribution < 1.29 is 17.9 Å². The highest BCUT2D eigenvalue weighted by molar-refractivity contribution is 7.22. The van der Waals surface area contributed by atoms with E-state index >= 15 is 4.39 Å². The number of thiazole rings is 1. The number of nitrogens with two attached hydrogens (primary N) is 1. The molecule has 2 aromatic carbocycles. The summed E-state index contributed by atoms with van der Waals surface area (Å²) in [6, 6.07) is 6.81. The van der Waals surface area contributed by atoms with Crippen molar-refractivity contribution in [2.24, 2.45) is 17.8 Å². The number of nitrogens with zero attached hydrogens (tertiary/aromatic N) is 6. The molecule has 4 atom stereocenters. The van der Waals surface area contributed by atoms with Crippen molar-refractivity contribution in [3.8, 4) is 23.2 Å². The van der Waals surface area contributed by atoms with Crippen LogP contribution in [0.5, 0.6) is 6.01 Å². The molecular weight excluding hydrogens is 611 g/mol.